The summed E-state index contributed by atoms with van der Waals surface area (Å²) in [5.41, 5.74) is 1.15. The van der Waals surface area contributed by atoms with Gasteiger partial charge in [0.05, 0.1) is 0 Å². The Hall–Kier alpha value is -1.01. The molecule has 0 heterocycles. The van der Waals surface area contributed by atoms with Crippen molar-refractivity contribution in [1.29, 1.82) is 10.5 Å². The molecule has 0 bridgehead atoms. The third-order valence-electron chi connectivity index (χ3n) is 0.998. The highest BCUT2D eigenvalue weighted by molar-refractivity contribution is 7.99. The Bertz CT molecular complexity index is 400. The molecule has 0 aromatic carbocycles. The van der Waals surface area contributed by atoms with Gasteiger partial charge in [0.1, 0.15) is 12.1 Å². The number of rotatable bonds is 2. The Kier molecular flexibility index (Phi) is 4.50. The maximum absolute atomic E-state index is 11.2. The molecule has 0 aliphatic rings. The van der Waals surface area contributed by atoms with Crippen LogP contribution >= 0.6 is 23.2 Å². The van der Waals surface area contributed by atoms with Gasteiger partial charge in [0, 0.05) is 11.1 Å². The Morgan fingerprint density at radius 1 is 1.08 bits per heavy atom. The lowest BCUT2D eigenvalue weighted by Crippen LogP contribution is -2.03. The van der Waals surface area contributed by atoms with Gasteiger partial charge in [-0.1, -0.05) is 23.2 Å². The first-order valence-electron chi connectivity index (χ1n) is 2.70. The molecule has 0 amide bonds. The molecule has 0 aliphatic heterocycles. The lowest BCUT2D eigenvalue weighted by Gasteiger charge is -1.96. The van der Waals surface area contributed by atoms with E-state index in [1.165, 1.54) is 12.1 Å². The van der Waals surface area contributed by atoms with Crippen molar-refractivity contribution >= 4 is 33.0 Å². The minimum absolute atomic E-state index is 0.576. The fourth-order valence-electron chi connectivity index (χ4n) is 0.405. The molecule has 68 valence electrons. The quantitative estimate of drug-likeness (QED) is 0.683. The van der Waals surface area contributed by atoms with E-state index in [1.54, 1.807) is 0 Å². The third-order valence-corrected chi connectivity index (χ3v) is 3.27. The smallest absolute Gasteiger partial charge is 0.217 e. The second kappa shape index (κ2) is 4.88. The highest BCUT2D eigenvalue weighted by Crippen LogP contribution is 2.17. The normalized spacial score (nSPS) is 13.2. The van der Waals surface area contributed by atoms with E-state index in [0.29, 0.717) is 11.1 Å². The highest BCUT2D eigenvalue weighted by Gasteiger charge is 2.22. The Morgan fingerprint density at radius 3 is 1.54 bits per heavy atom. The summed E-state index contributed by atoms with van der Waals surface area (Å²) in [6, 6.07) is 2.66. The predicted octanol–water partition coefficient (Wildman–Crippen LogP) is 1.61. The summed E-state index contributed by atoms with van der Waals surface area (Å²) >= 11 is 10.1. The number of nitrogens with zero attached hydrogens (tertiary/aromatic N) is 2. The number of hydrogen-bond donors (Lipinski definition) is 0. The van der Waals surface area contributed by atoms with Gasteiger partial charge in [-0.25, -0.2) is 8.42 Å². The summed E-state index contributed by atoms with van der Waals surface area (Å²) in [5.74, 6) is 0. The minimum Gasteiger partial charge on any atom is -0.217 e. The van der Waals surface area contributed by atoms with Crippen LogP contribution in [0.4, 0.5) is 0 Å². The van der Waals surface area contributed by atoms with Crippen molar-refractivity contribution in [2.75, 3.05) is 0 Å². The maximum atomic E-state index is 11.2. The van der Waals surface area contributed by atoms with Crippen LogP contribution in [0.1, 0.15) is 0 Å². The molecule has 0 aromatic rings. The number of allylic oxidation sites excluding steroid dienone is 2. The summed E-state index contributed by atoms with van der Waals surface area (Å²) in [4.78, 5) is -1.44. The maximum Gasteiger partial charge on any atom is 0.228 e. The molecule has 0 spiro atoms. The van der Waals surface area contributed by atoms with Crippen molar-refractivity contribution in [2.24, 2.45) is 0 Å². The molecule has 0 atom stereocenters. The van der Waals surface area contributed by atoms with Crippen molar-refractivity contribution in [2.45, 2.75) is 0 Å². The van der Waals surface area contributed by atoms with E-state index in [9.17, 15) is 8.42 Å². The van der Waals surface area contributed by atoms with Gasteiger partial charge in [-0.2, -0.15) is 10.5 Å². The molecule has 13 heavy (non-hydrogen) atoms. The van der Waals surface area contributed by atoms with Crippen LogP contribution < -0.4 is 0 Å². The van der Waals surface area contributed by atoms with Crippen LogP contribution in [0.5, 0.6) is 0 Å². The summed E-state index contributed by atoms with van der Waals surface area (Å²) in [6.45, 7) is 0. The highest BCUT2D eigenvalue weighted by atomic mass is 35.5. The van der Waals surface area contributed by atoms with Crippen LogP contribution in [0.2, 0.25) is 0 Å². The van der Waals surface area contributed by atoms with Crippen molar-refractivity contribution < 1.29 is 8.42 Å². The molecular formula is C6H2Cl2N2O2S. The standard InChI is InChI=1S/C6H2Cl2N2O2S/c7-1-5(3-9)13(11,12)6(2-8)4-10/h1-2H/b5-1+,6-2+. The largest absolute Gasteiger partial charge is 0.228 e. The van der Waals surface area contributed by atoms with Crippen LogP contribution in [-0.2, 0) is 9.84 Å². The second-order valence-electron chi connectivity index (χ2n) is 1.67. The molecule has 0 aromatic heterocycles. The van der Waals surface area contributed by atoms with Gasteiger partial charge in [0.15, 0.2) is 9.81 Å². The first-order valence-corrected chi connectivity index (χ1v) is 5.06. The first kappa shape index (κ1) is 12.0. The van der Waals surface area contributed by atoms with E-state index in [2.05, 4.69) is 0 Å². The van der Waals surface area contributed by atoms with Crippen LogP contribution in [-0.4, -0.2) is 8.42 Å². The fourth-order valence-corrected chi connectivity index (χ4v) is 1.92. The topological polar surface area (TPSA) is 81.7 Å². The minimum atomic E-state index is -4.13. The molecule has 4 nitrogen and oxygen atoms in total. The van der Waals surface area contributed by atoms with Crippen molar-refractivity contribution in [1.82, 2.24) is 0 Å². The van der Waals surface area contributed by atoms with E-state index in [-0.39, 0.29) is 0 Å². The summed E-state index contributed by atoms with van der Waals surface area (Å²) in [5, 5.41) is 16.7. The lowest BCUT2D eigenvalue weighted by molar-refractivity contribution is 0.610. The second-order valence-corrected chi connectivity index (χ2v) is 4.00. The zero-order valence-electron chi connectivity index (χ0n) is 6.03. The Balaban J connectivity index is 5.54. The zero-order chi connectivity index (χ0) is 10.5. The molecule has 0 radical (unpaired) electrons. The average Bonchev–Trinajstić information content (AvgIpc) is 2.07. The van der Waals surface area contributed by atoms with E-state index >= 15 is 0 Å². The van der Waals surface area contributed by atoms with E-state index in [0.717, 1.165) is 0 Å². The van der Waals surface area contributed by atoms with E-state index in [4.69, 9.17) is 33.7 Å². The number of halogens is 2. The summed E-state index contributed by atoms with van der Waals surface area (Å²) in [6.07, 6.45) is 0. The van der Waals surface area contributed by atoms with Gasteiger partial charge in [0.2, 0.25) is 9.84 Å². The molecule has 0 N–H and O–H groups in total. The SMILES string of the molecule is N#C/C(=C\Cl)S(=O)(=O)/C(C#N)=C/Cl. The van der Waals surface area contributed by atoms with Gasteiger partial charge in [-0.3, -0.25) is 0 Å². The molecular weight excluding hydrogens is 235 g/mol. The van der Waals surface area contributed by atoms with Crippen LogP contribution in [0, 0.1) is 22.7 Å². The van der Waals surface area contributed by atoms with Crippen LogP contribution in [0.15, 0.2) is 20.9 Å². The van der Waals surface area contributed by atoms with E-state index < -0.39 is 19.6 Å². The van der Waals surface area contributed by atoms with Crippen LogP contribution in [0.25, 0.3) is 0 Å². The fraction of sp³-hybridized carbons (Fsp3) is 0. The molecule has 0 fully saturated rings. The molecule has 0 aliphatic carbocycles. The van der Waals surface area contributed by atoms with Gasteiger partial charge < -0.3 is 0 Å². The zero-order valence-corrected chi connectivity index (χ0v) is 8.36. The first-order chi connectivity index (χ1) is 6.04. The molecule has 0 saturated heterocycles. The predicted molar refractivity (Wildman–Crippen MR) is 48.0 cm³/mol. The number of nitriles is 2. The number of hydrogen-bond acceptors (Lipinski definition) is 4. The van der Waals surface area contributed by atoms with Crippen LogP contribution in [0.3, 0.4) is 0 Å². The Morgan fingerprint density at radius 2 is 1.38 bits per heavy atom. The monoisotopic (exact) mass is 236 g/mol. The summed E-state index contributed by atoms with van der Waals surface area (Å²) in [7, 11) is -4.13. The van der Waals surface area contributed by atoms with Gasteiger partial charge in [0.25, 0.3) is 0 Å². The third kappa shape index (κ3) is 2.46. The van der Waals surface area contributed by atoms with E-state index in [1.807, 2.05) is 0 Å². The van der Waals surface area contributed by atoms with Gasteiger partial charge in [-0.05, 0) is 0 Å². The molecule has 0 rings (SSSR count). The van der Waals surface area contributed by atoms with Gasteiger partial charge >= 0.3 is 0 Å². The Labute approximate surface area is 85.2 Å². The van der Waals surface area contributed by atoms with Crippen molar-refractivity contribution in [3.05, 3.63) is 20.9 Å². The molecule has 7 heteroatoms. The summed E-state index contributed by atoms with van der Waals surface area (Å²) < 4.78 is 22.4. The van der Waals surface area contributed by atoms with Crippen molar-refractivity contribution in [3.63, 3.8) is 0 Å². The number of sulfone groups is 1. The average molecular weight is 237 g/mol. The van der Waals surface area contributed by atoms with Gasteiger partial charge in [-0.15, -0.1) is 0 Å². The molecule has 0 unspecified atom stereocenters. The lowest BCUT2D eigenvalue weighted by atomic mass is 10.7. The molecule has 0 saturated carbocycles. The van der Waals surface area contributed by atoms with Crippen molar-refractivity contribution in [3.8, 4) is 12.1 Å².